The van der Waals surface area contributed by atoms with Crippen LogP contribution in [0.4, 0.5) is 4.79 Å². The maximum absolute atomic E-state index is 12.4. The van der Waals surface area contributed by atoms with Crippen molar-refractivity contribution in [2.24, 2.45) is 11.7 Å². The van der Waals surface area contributed by atoms with E-state index in [2.05, 4.69) is 19.1 Å². The first-order valence-corrected chi connectivity index (χ1v) is 10.3. The molecule has 0 aliphatic heterocycles. The number of hydrogen-bond acceptors (Lipinski definition) is 4. The first-order valence-electron chi connectivity index (χ1n) is 10.3. The van der Waals surface area contributed by atoms with Crippen LogP contribution in [-0.2, 0) is 16.6 Å². The number of benzene rings is 1. The Balaban J connectivity index is 1.78. The van der Waals surface area contributed by atoms with Crippen molar-refractivity contribution < 1.29 is 14.3 Å². The summed E-state index contributed by atoms with van der Waals surface area (Å²) in [5.41, 5.74) is 9.36. The van der Waals surface area contributed by atoms with E-state index >= 15 is 0 Å². The molecule has 5 nitrogen and oxygen atoms in total. The molecule has 5 heteroatoms. The Labute approximate surface area is 163 Å². The zero-order valence-electron chi connectivity index (χ0n) is 17.0. The van der Waals surface area contributed by atoms with Crippen LogP contribution in [-0.4, -0.2) is 44.3 Å². The van der Waals surface area contributed by atoms with Gasteiger partial charge < -0.3 is 20.1 Å². The molecule has 0 spiro atoms. The van der Waals surface area contributed by atoms with Gasteiger partial charge in [-0.2, -0.15) is 0 Å². The molecular weight excluding hydrogens is 340 g/mol. The molecule has 1 aromatic rings. The van der Waals surface area contributed by atoms with E-state index in [1.165, 1.54) is 36.8 Å². The summed E-state index contributed by atoms with van der Waals surface area (Å²) in [6.45, 7) is 3.55. The molecule has 0 heterocycles. The first kappa shape index (κ1) is 20.2. The van der Waals surface area contributed by atoms with E-state index in [4.69, 9.17) is 15.2 Å². The van der Waals surface area contributed by atoms with Crippen LogP contribution in [0, 0.1) is 5.92 Å². The molecule has 3 rings (SSSR count). The van der Waals surface area contributed by atoms with Crippen LogP contribution in [0.3, 0.4) is 0 Å². The molecule has 2 aliphatic rings. The average Bonchev–Trinajstić information content (AvgIpc) is 2.65. The second-order valence-corrected chi connectivity index (χ2v) is 8.46. The normalized spacial score (nSPS) is 27.3. The SMILES string of the molecule is COCCCN(C)C(=O)Oc1ccc2c(c1)[C@@]1(C)CCCCC[C@@H](C2)[C@@H]1N. The molecule has 1 aromatic carbocycles. The highest BCUT2D eigenvalue weighted by Gasteiger charge is 2.43. The minimum absolute atomic E-state index is 0.0363. The maximum Gasteiger partial charge on any atom is 0.414 e. The predicted molar refractivity (Wildman–Crippen MR) is 107 cm³/mol. The second kappa shape index (κ2) is 8.61. The molecule has 2 N–H and O–H groups in total. The summed E-state index contributed by atoms with van der Waals surface area (Å²) in [6.07, 6.45) is 7.61. The summed E-state index contributed by atoms with van der Waals surface area (Å²) in [5, 5.41) is 0. The van der Waals surface area contributed by atoms with Gasteiger partial charge in [0.15, 0.2) is 0 Å². The molecular formula is C22H34N2O3. The standard InChI is InChI=1S/C22H34N2O3/c1-22-11-6-4-5-8-17(20(22)23)14-16-9-10-18(15-19(16)22)27-21(25)24(2)12-7-13-26-3/h9-10,15,17,20H,4-8,11-14,23H2,1-3H3/t17-,20-,22+/m0/s1. The van der Waals surface area contributed by atoms with Gasteiger partial charge in [-0.1, -0.05) is 32.3 Å². The average molecular weight is 375 g/mol. The topological polar surface area (TPSA) is 64.8 Å². The zero-order valence-corrected chi connectivity index (χ0v) is 17.0. The summed E-state index contributed by atoms with van der Waals surface area (Å²) in [5.74, 6) is 1.18. The van der Waals surface area contributed by atoms with E-state index in [0.717, 1.165) is 19.3 Å². The Morgan fingerprint density at radius 2 is 2.15 bits per heavy atom. The number of amides is 1. The predicted octanol–water partition coefficient (Wildman–Crippen LogP) is 3.88. The van der Waals surface area contributed by atoms with Crippen molar-refractivity contribution in [1.29, 1.82) is 0 Å². The fourth-order valence-corrected chi connectivity index (χ4v) is 4.81. The lowest BCUT2D eigenvalue weighted by molar-refractivity contribution is 0.149. The van der Waals surface area contributed by atoms with Crippen LogP contribution < -0.4 is 10.5 Å². The van der Waals surface area contributed by atoms with E-state index in [1.807, 2.05) is 6.07 Å². The largest absolute Gasteiger partial charge is 0.414 e. The van der Waals surface area contributed by atoms with Crippen LogP contribution in [0.1, 0.15) is 56.6 Å². The number of nitrogens with zero attached hydrogens (tertiary/aromatic N) is 1. The molecule has 2 aliphatic carbocycles. The van der Waals surface area contributed by atoms with Gasteiger partial charge >= 0.3 is 6.09 Å². The molecule has 0 unspecified atom stereocenters. The highest BCUT2D eigenvalue weighted by Crippen LogP contribution is 2.46. The number of hydrogen-bond donors (Lipinski definition) is 1. The van der Waals surface area contributed by atoms with Gasteiger partial charge in [-0.3, -0.25) is 0 Å². The van der Waals surface area contributed by atoms with Crippen molar-refractivity contribution >= 4 is 6.09 Å². The second-order valence-electron chi connectivity index (χ2n) is 8.46. The van der Waals surface area contributed by atoms with Gasteiger partial charge in [-0.05, 0) is 54.9 Å². The van der Waals surface area contributed by atoms with E-state index < -0.39 is 0 Å². The highest BCUT2D eigenvalue weighted by atomic mass is 16.6. The summed E-state index contributed by atoms with van der Waals surface area (Å²) in [7, 11) is 3.42. The van der Waals surface area contributed by atoms with Crippen molar-refractivity contribution in [2.45, 2.75) is 63.3 Å². The lowest BCUT2D eigenvalue weighted by Crippen LogP contribution is -2.52. The number of nitrogens with two attached hydrogens (primary N) is 1. The fourth-order valence-electron chi connectivity index (χ4n) is 4.81. The van der Waals surface area contributed by atoms with Crippen molar-refractivity contribution in [3.8, 4) is 5.75 Å². The van der Waals surface area contributed by atoms with Crippen LogP contribution >= 0.6 is 0 Å². The summed E-state index contributed by atoms with van der Waals surface area (Å²) in [4.78, 5) is 14.0. The minimum Gasteiger partial charge on any atom is -0.410 e. The Morgan fingerprint density at radius 1 is 1.33 bits per heavy atom. The van der Waals surface area contributed by atoms with Crippen LogP contribution in [0.2, 0.25) is 0 Å². The van der Waals surface area contributed by atoms with E-state index in [-0.39, 0.29) is 17.6 Å². The summed E-state index contributed by atoms with van der Waals surface area (Å²) >= 11 is 0. The molecule has 1 amide bonds. The molecule has 2 bridgehead atoms. The number of rotatable bonds is 5. The molecule has 1 saturated carbocycles. The Morgan fingerprint density at radius 3 is 2.93 bits per heavy atom. The van der Waals surface area contributed by atoms with Crippen LogP contribution in [0.25, 0.3) is 0 Å². The lowest BCUT2D eigenvalue weighted by Gasteiger charge is -2.47. The van der Waals surface area contributed by atoms with E-state index in [0.29, 0.717) is 24.8 Å². The Bertz CT molecular complexity index is 663. The van der Waals surface area contributed by atoms with Gasteiger partial charge in [0.1, 0.15) is 5.75 Å². The van der Waals surface area contributed by atoms with Gasteiger partial charge in [0.2, 0.25) is 0 Å². The minimum atomic E-state index is -0.327. The number of ether oxygens (including phenoxy) is 2. The number of fused-ring (bicyclic) bond motifs is 4. The Hall–Kier alpha value is -1.59. The third kappa shape index (κ3) is 4.30. The molecule has 0 saturated heterocycles. The fraction of sp³-hybridized carbons (Fsp3) is 0.682. The van der Waals surface area contributed by atoms with Crippen molar-refractivity contribution in [1.82, 2.24) is 4.90 Å². The van der Waals surface area contributed by atoms with Gasteiger partial charge in [0, 0.05) is 38.8 Å². The van der Waals surface area contributed by atoms with Gasteiger partial charge in [0.05, 0.1) is 0 Å². The molecule has 0 radical (unpaired) electrons. The summed E-state index contributed by atoms with van der Waals surface area (Å²) in [6, 6.07) is 6.31. The first-order chi connectivity index (χ1) is 13.0. The third-order valence-corrected chi connectivity index (χ3v) is 6.55. The van der Waals surface area contributed by atoms with Crippen molar-refractivity contribution in [2.75, 3.05) is 27.3 Å². The number of carbonyl (C=O) groups excluding carboxylic acids is 1. The molecule has 150 valence electrons. The maximum atomic E-state index is 12.4. The quantitative estimate of drug-likeness (QED) is 0.795. The molecule has 0 aromatic heterocycles. The molecule has 27 heavy (non-hydrogen) atoms. The summed E-state index contributed by atoms with van der Waals surface area (Å²) < 4.78 is 10.7. The third-order valence-electron chi connectivity index (χ3n) is 6.55. The van der Waals surface area contributed by atoms with Gasteiger partial charge in [0.25, 0.3) is 0 Å². The van der Waals surface area contributed by atoms with E-state index in [1.54, 1.807) is 19.1 Å². The van der Waals surface area contributed by atoms with Crippen LogP contribution in [0.5, 0.6) is 5.75 Å². The Kier molecular flexibility index (Phi) is 6.43. The van der Waals surface area contributed by atoms with Gasteiger partial charge in [-0.25, -0.2) is 4.79 Å². The smallest absolute Gasteiger partial charge is 0.410 e. The van der Waals surface area contributed by atoms with Crippen molar-refractivity contribution in [3.63, 3.8) is 0 Å². The van der Waals surface area contributed by atoms with E-state index in [9.17, 15) is 4.79 Å². The van der Waals surface area contributed by atoms with Gasteiger partial charge in [-0.15, -0.1) is 0 Å². The number of carbonyl (C=O) groups is 1. The molecule has 3 atom stereocenters. The van der Waals surface area contributed by atoms with Crippen molar-refractivity contribution in [3.05, 3.63) is 29.3 Å². The van der Waals surface area contributed by atoms with Crippen LogP contribution in [0.15, 0.2) is 18.2 Å². The molecule has 1 fully saturated rings. The highest BCUT2D eigenvalue weighted by molar-refractivity contribution is 5.70. The lowest BCUT2D eigenvalue weighted by atomic mass is 9.60. The number of methoxy groups -OCH3 is 1. The monoisotopic (exact) mass is 374 g/mol. The zero-order chi connectivity index (χ0) is 19.4.